The Bertz CT molecular complexity index is 960. The van der Waals surface area contributed by atoms with Gasteiger partial charge >= 0.3 is 12.1 Å². The first kappa shape index (κ1) is 24.3. The highest BCUT2D eigenvalue weighted by atomic mass is 16.5. The summed E-state index contributed by atoms with van der Waals surface area (Å²) in [6.07, 6.45) is -1.18. The molecule has 0 bridgehead atoms. The first-order chi connectivity index (χ1) is 15.8. The van der Waals surface area contributed by atoms with Gasteiger partial charge in [-0.2, -0.15) is 0 Å². The number of amides is 2. The van der Waals surface area contributed by atoms with E-state index in [-0.39, 0.29) is 18.6 Å². The number of nitrogens with one attached hydrogen (secondary N) is 2. The first-order valence-corrected chi connectivity index (χ1v) is 11.1. The average molecular weight is 455 g/mol. The Labute approximate surface area is 193 Å². The number of ether oxygens (including phenoxy) is 1. The van der Waals surface area contributed by atoms with Crippen LogP contribution < -0.4 is 10.6 Å². The van der Waals surface area contributed by atoms with Gasteiger partial charge in [-0.25, -0.2) is 4.79 Å². The van der Waals surface area contributed by atoms with E-state index in [1.807, 2.05) is 55.5 Å². The molecule has 0 aliphatic heterocycles. The topological polar surface area (TPSA) is 125 Å². The van der Waals surface area contributed by atoms with Crippen molar-refractivity contribution in [3.05, 3.63) is 59.7 Å². The maximum absolute atomic E-state index is 12.6. The minimum atomic E-state index is -1.29. The molecule has 0 saturated carbocycles. The molecule has 2 aromatic rings. The molecular formula is C25H30N2O6. The summed E-state index contributed by atoms with van der Waals surface area (Å²) in [6, 6.07) is 14.2. The monoisotopic (exact) mass is 454 g/mol. The van der Waals surface area contributed by atoms with Crippen molar-refractivity contribution in [2.75, 3.05) is 6.61 Å². The van der Waals surface area contributed by atoms with Gasteiger partial charge in [-0.05, 0) is 42.0 Å². The standard InChI is InChI=1S/C25H30N2O6/c1-3-16(12-15(2)28)26-24(31)22(13-23(29)30)27-25(32)33-14-21-19-10-6-4-8-17(19)18-9-5-7-11-20(18)21/h4-11,15-16,21-22,28H,3,12-14H2,1-2H3,(H,26,31)(H,27,32)(H,29,30). The second-order valence-corrected chi connectivity index (χ2v) is 8.32. The van der Waals surface area contributed by atoms with Gasteiger partial charge in [-0.1, -0.05) is 55.5 Å². The molecule has 3 unspecified atom stereocenters. The molecule has 1 aliphatic rings. The molecule has 0 radical (unpaired) electrons. The molecular weight excluding hydrogens is 424 g/mol. The Kier molecular flexibility index (Phi) is 8.06. The maximum atomic E-state index is 12.6. The molecule has 4 N–H and O–H groups in total. The van der Waals surface area contributed by atoms with Crippen molar-refractivity contribution in [1.82, 2.24) is 10.6 Å². The van der Waals surface area contributed by atoms with Crippen molar-refractivity contribution in [3.63, 3.8) is 0 Å². The Morgan fingerprint density at radius 3 is 2.09 bits per heavy atom. The fourth-order valence-electron chi connectivity index (χ4n) is 4.21. The van der Waals surface area contributed by atoms with Crippen LogP contribution in [0, 0.1) is 0 Å². The van der Waals surface area contributed by atoms with Gasteiger partial charge in [0.25, 0.3) is 0 Å². The summed E-state index contributed by atoms with van der Waals surface area (Å²) >= 11 is 0. The van der Waals surface area contributed by atoms with Crippen LogP contribution in [0.4, 0.5) is 4.79 Å². The second-order valence-electron chi connectivity index (χ2n) is 8.32. The predicted molar refractivity (Wildman–Crippen MR) is 123 cm³/mol. The molecule has 0 spiro atoms. The number of aliphatic hydroxyl groups is 1. The van der Waals surface area contributed by atoms with Crippen molar-refractivity contribution in [2.24, 2.45) is 0 Å². The number of carbonyl (C=O) groups is 3. The van der Waals surface area contributed by atoms with Gasteiger partial charge in [-0.15, -0.1) is 0 Å². The van der Waals surface area contributed by atoms with Gasteiger partial charge in [0.15, 0.2) is 0 Å². The Morgan fingerprint density at radius 2 is 1.58 bits per heavy atom. The zero-order valence-corrected chi connectivity index (χ0v) is 18.8. The molecule has 1 aliphatic carbocycles. The first-order valence-electron chi connectivity index (χ1n) is 11.1. The van der Waals surface area contributed by atoms with Crippen LogP contribution >= 0.6 is 0 Å². The number of rotatable bonds is 10. The van der Waals surface area contributed by atoms with E-state index in [4.69, 9.17) is 4.74 Å². The molecule has 0 fully saturated rings. The smallest absolute Gasteiger partial charge is 0.407 e. The van der Waals surface area contributed by atoms with Crippen molar-refractivity contribution in [2.45, 2.75) is 57.2 Å². The highest BCUT2D eigenvalue weighted by molar-refractivity contribution is 5.89. The summed E-state index contributed by atoms with van der Waals surface area (Å²) in [7, 11) is 0. The third kappa shape index (κ3) is 6.10. The molecule has 3 atom stereocenters. The van der Waals surface area contributed by atoms with Crippen LogP contribution in [0.15, 0.2) is 48.5 Å². The maximum Gasteiger partial charge on any atom is 0.407 e. The summed E-state index contributed by atoms with van der Waals surface area (Å²) in [5.41, 5.74) is 4.29. The number of alkyl carbamates (subject to hydrolysis) is 1. The Balaban J connectivity index is 1.65. The van der Waals surface area contributed by atoms with Crippen LogP contribution in [-0.2, 0) is 14.3 Å². The summed E-state index contributed by atoms with van der Waals surface area (Å²) < 4.78 is 5.43. The average Bonchev–Trinajstić information content (AvgIpc) is 3.10. The van der Waals surface area contributed by atoms with E-state index >= 15 is 0 Å². The molecule has 0 saturated heterocycles. The minimum absolute atomic E-state index is 0.0564. The molecule has 176 valence electrons. The van der Waals surface area contributed by atoms with Crippen molar-refractivity contribution < 1.29 is 29.3 Å². The SMILES string of the molecule is CCC(CC(C)O)NC(=O)C(CC(=O)O)NC(=O)OCC1c2ccccc2-c2ccccc21. The number of carboxylic acid groups (broad SMARTS) is 1. The Morgan fingerprint density at radius 1 is 1.00 bits per heavy atom. The number of aliphatic carboxylic acids is 1. The van der Waals surface area contributed by atoms with Crippen molar-refractivity contribution >= 4 is 18.0 Å². The van der Waals surface area contributed by atoms with Gasteiger partial charge in [-0.3, -0.25) is 9.59 Å². The van der Waals surface area contributed by atoms with Crippen LogP contribution in [0.25, 0.3) is 11.1 Å². The molecule has 8 heteroatoms. The minimum Gasteiger partial charge on any atom is -0.481 e. The predicted octanol–water partition coefficient (Wildman–Crippen LogP) is 3.03. The summed E-state index contributed by atoms with van der Waals surface area (Å²) in [5.74, 6) is -2.00. The third-order valence-electron chi connectivity index (χ3n) is 5.80. The van der Waals surface area contributed by atoms with Crippen LogP contribution in [0.3, 0.4) is 0 Å². The van der Waals surface area contributed by atoms with Gasteiger partial charge in [0.1, 0.15) is 12.6 Å². The molecule has 2 aromatic carbocycles. The van der Waals surface area contributed by atoms with E-state index in [9.17, 15) is 24.6 Å². The van der Waals surface area contributed by atoms with E-state index in [1.54, 1.807) is 6.92 Å². The van der Waals surface area contributed by atoms with Crippen LogP contribution in [-0.4, -0.2) is 53.0 Å². The van der Waals surface area contributed by atoms with Crippen LogP contribution in [0.2, 0.25) is 0 Å². The zero-order valence-electron chi connectivity index (χ0n) is 18.8. The number of hydrogen-bond donors (Lipinski definition) is 4. The second kappa shape index (κ2) is 11.0. The lowest BCUT2D eigenvalue weighted by Gasteiger charge is -2.23. The number of fused-ring (bicyclic) bond motifs is 3. The van der Waals surface area contributed by atoms with Gasteiger partial charge in [0.05, 0.1) is 12.5 Å². The van der Waals surface area contributed by atoms with E-state index in [0.29, 0.717) is 12.8 Å². The summed E-state index contributed by atoms with van der Waals surface area (Å²) in [5, 5.41) is 23.9. The van der Waals surface area contributed by atoms with E-state index in [1.165, 1.54) is 0 Å². The lowest BCUT2D eigenvalue weighted by atomic mass is 9.98. The highest BCUT2D eigenvalue weighted by Crippen LogP contribution is 2.44. The molecule has 33 heavy (non-hydrogen) atoms. The van der Waals surface area contributed by atoms with E-state index < -0.39 is 36.5 Å². The lowest BCUT2D eigenvalue weighted by Crippen LogP contribution is -2.51. The van der Waals surface area contributed by atoms with Gasteiger partial charge in [0, 0.05) is 12.0 Å². The van der Waals surface area contributed by atoms with Crippen LogP contribution in [0.5, 0.6) is 0 Å². The molecule has 2 amide bonds. The van der Waals surface area contributed by atoms with E-state index in [2.05, 4.69) is 10.6 Å². The fourth-order valence-corrected chi connectivity index (χ4v) is 4.21. The largest absolute Gasteiger partial charge is 0.481 e. The van der Waals surface area contributed by atoms with Gasteiger partial charge in [0.2, 0.25) is 5.91 Å². The summed E-state index contributed by atoms with van der Waals surface area (Å²) in [4.78, 5) is 36.4. The Hall–Kier alpha value is -3.39. The van der Waals surface area contributed by atoms with Crippen LogP contribution in [0.1, 0.15) is 50.2 Å². The normalized spacial score (nSPS) is 15.0. The zero-order chi connectivity index (χ0) is 24.0. The molecule has 8 nitrogen and oxygen atoms in total. The van der Waals surface area contributed by atoms with Gasteiger partial charge < -0.3 is 25.6 Å². The summed E-state index contributed by atoms with van der Waals surface area (Å²) in [6.45, 7) is 3.51. The lowest BCUT2D eigenvalue weighted by molar-refractivity contribution is -0.140. The molecule has 0 aromatic heterocycles. The number of hydrogen-bond acceptors (Lipinski definition) is 5. The molecule has 0 heterocycles. The quantitative estimate of drug-likeness (QED) is 0.437. The highest BCUT2D eigenvalue weighted by Gasteiger charge is 2.30. The number of carboxylic acids is 1. The fraction of sp³-hybridized carbons (Fsp3) is 0.400. The van der Waals surface area contributed by atoms with E-state index in [0.717, 1.165) is 22.3 Å². The van der Waals surface area contributed by atoms with Crippen molar-refractivity contribution in [1.29, 1.82) is 0 Å². The third-order valence-corrected chi connectivity index (χ3v) is 5.80. The number of carbonyl (C=O) groups excluding carboxylic acids is 2. The number of aliphatic hydroxyl groups excluding tert-OH is 1. The van der Waals surface area contributed by atoms with Crippen molar-refractivity contribution in [3.8, 4) is 11.1 Å². The molecule has 3 rings (SSSR count). The number of benzene rings is 2.